The van der Waals surface area contributed by atoms with Gasteiger partial charge in [-0.25, -0.2) is 4.79 Å². The number of nitrogens with zero attached hydrogens (tertiary/aromatic N) is 1. The van der Waals surface area contributed by atoms with Gasteiger partial charge in [0, 0.05) is 6.20 Å². The van der Waals surface area contributed by atoms with Gasteiger partial charge in [0.05, 0.1) is 24.8 Å². The van der Waals surface area contributed by atoms with E-state index in [1.807, 2.05) is 0 Å². The van der Waals surface area contributed by atoms with Crippen molar-refractivity contribution >= 4 is 0 Å². The quantitative estimate of drug-likeness (QED) is 0.400. The van der Waals surface area contributed by atoms with E-state index in [2.05, 4.69) is 4.98 Å². The van der Waals surface area contributed by atoms with Gasteiger partial charge in [-0.05, 0) is 6.92 Å². The SMILES string of the molecule is C[C@H](O)Cn1cc([C@@H]2O[C@H](CO)[C@@H](O)[C@H]2O)c(=O)[nH]c1=O. The molecule has 1 aromatic rings. The van der Waals surface area contributed by atoms with Crippen molar-refractivity contribution in [2.75, 3.05) is 6.61 Å². The van der Waals surface area contributed by atoms with Gasteiger partial charge < -0.3 is 25.2 Å². The van der Waals surface area contributed by atoms with Crippen molar-refractivity contribution in [3.63, 3.8) is 0 Å². The van der Waals surface area contributed by atoms with Gasteiger partial charge in [0.1, 0.15) is 24.4 Å². The molecule has 2 rings (SSSR count). The minimum Gasteiger partial charge on any atom is -0.394 e. The summed E-state index contributed by atoms with van der Waals surface area (Å²) in [7, 11) is 0. The number of aliphatic hydroxyl groups is 4. The molecular formula is C12H18N2O7. The lowest BCUT2D eigenvalue weighted by Crippen LogP contribution is -2.37. The first-order chi connectivity index (χ1) is 9.85. The molecule has 0 bridgehead atoms. The summed E-state index contributed by atoms with van der Waals surface area (Å²) in [5.41, 5.74) is -1.51. The van der Waals surface area contributed by atoms with Gasteiger partial charge in [0.25, 0.3) is 5.56 Å². The van der Waals surface area contributed by atoms with E-state index in [1.165, 1.54) is 13.1 Å². The molecule has 21 heavy (non-hydrogen) atoms. The van der Waals surface area contributed by atoms with Crippen LogP contribution in [0.25, 0.3) is 0 Å². The van der Waals surface area contributed by atoms with Crippen LogP contribution in [0.15, 0.2) is 15.8 Å². The van der Waals surface area contributed by atoms with Crippen LogP contribution in [-0.4, -0.2) is 61.0 Å². The topological polar surface area (TPSA) is 145 Å². The zero-order chi connectivity index (χ0) is 15.7. The van der Waals surface area contributed by atoms with E-state index in [0.717, 1.165) is 4.57 Å². The van der Waals surface area contributed by atoms with E-state index in [4.69, 9.17) is 9.84 Å². The van der Waals surface area contributed by atoms with E-state index in [0.29, 0.717) is 0 Å². The van der Waals surface area contributed by atoms with Crippen LogP contribution in [0.4, 0.5) is 0 Å². The molecule has 1 aliphatic rings. The van der Waals surface area contributed by atoms with Crippen molar-refractivity contribution in [2.45, 2.75) is 44.0 Å². The fraction of sp³-hybridized carbons (Fsp3) is 0.667. The Balaban J connectivity index is 2.40. The number of hydrogen-bond acceptors (Lipinski definition) is 7. The number of aromatic amines is 1. The van der Waals surface area contributed by atoms with Crippen molar-refractivity contribution in [1.82, 2.24) is 9.55 Å². The summed E-state index contributed by atoms with van der Waals surface area (Å²) >= 11 is 0. The van der Waals surface area contributed by atoms with Crippen molar-refractivity contribution in [3.8, 4) is 0 Å². The molecule has 5 N–H and O–H groups in total. The van der Waals surface area contributed by atoms with Crippen LogP contribution in [0.3, 0.4) is 0 Å². The number of rotatable bonds is 4. The molecule has 1 aromatic heterocycles. The van der Waals surface area contributed by atoms with Crippen LogP contribution in [-0.2, 0) is 11.3 Å². The molecule has 1 fully saturated rings. The molecule has 1 aliphatic heterocycles. The first kappa shape index (κ1) is 15.9. The highest BCUT2D eigenvalue weighted by Gasteiger charge is 2.44. The molecule has 0 spiro atoms. The van der Waals surface area contributed by atoms with Crippen molar-refractivity contribution in [3.05, 3.63) is 32.6 Å². The van der Waals surface area contributed by atoms with Gasteiger partial charge in [-0.3, -0.25) is 14.3 Å². The summed E-state index contributed by atoms with van der Waals surface area (Å²) in [6.07, 6.45) is -4.55. The normalized spacial score (nSPS) is 30.5. The highest BCUT2D eigenvalue weighted by molar-refractivity contribution is 5.14. The lowest BCUT2D eigenvalue weighted by Gasteiger charge is -2.16. The predicted octanol–water partition coefficient (Wildman–Crippen LogP) is -2.93. The molecule has 2 heterocycles. The van der Waals surface area contributed by atoms with E-state index in [-0.39, 0.29) is 12.1 Å². The van der Waals surface area contributed by atoms with E-state index >= 15 is 0 Å². The molecule has 9 nitrogen and oxygen atoms in total. The average Bonchev–Trinajstić information content (AvgIpc) is 2.69. The number of aliphatic hydroxyl groups excluding tert-OH is 4. The van der Waals surface area contributed by atoms with E-state index < -0.39 is 48.4 Å². The summed E-state index contributed by atoms with van der Waals surface area (Å²) in [5, 5.41) is 38.0. The third kappa shape index (κ3) is 3.06. The second-order valence-corrected chi connectivity index (χ2v) is 5.10. The Morgan fingerprint density at radius 2 is 2.05 bits per heavy atom. The fourth-order valence-corrected chi connectivity index (χ4v) is 2.31. The largest absolute Gasteiger partial charge is 0.394 e. The maximum absolute atomic E-state index is 11.8. The summed E-state index contributed by atoms with van der Waals surface area (Å²) in [5.74, 6) is 0. The highest BCUT2D eigenvalue weighted by atomic mass is 16.6. The first-order valence-electron chi connectivity index (χ1n) is 6.49. The van der Waals surface area contributed by atoms with Crippen LogP contribution in [0.2, 0.25) is 0 Å². The van der Waals surface area contributed by atoms with Crippen LogP contribution >= 0.6 is 0 Å². The highest BCUT2D eigenvalue weighted by Crippen LogP contribution is 2.31. The van der Waals surface area contributed by atoms with Crippen LogP contribution in [0.5, 0.6) is 0 Å². The fourth-order valence-electron chi connectivity index (χ4n) is 2.31. The van der Waals surface area contributed by atoms with Gasteiger partial charge in [-0.1, -0.05) is 0 Å². The molecule has 0 amide bonds. The average molecular weight is 302 g/mol. The molecule has 0 aliphatic carbocycles. The third-order valence-electron chi connectivity index (χ3n) is 3.35. The number of nitrogens with one attached hydrogen (secondary N) is 1. The zero-order valence-corrected chi connectivity index (χ0v) is 11.3. The summed E-state index contributed by atoms with van der Waals surface area (Å²) < 4.78 is 6.33. The zero-order valence-electron chi connectivity index (χ0n) is 11.3. The molecule has 0 unspecified atom stereocenters. The molecule has 118 valence electrons. The molecule has 1 saturated heterocycles. The molecule has 5 atom stereocenters. The van der Waals surface area contributed by atoms with Crippen molar-refractivity contribution < 1.29 is 25.2 Å². The van der Waals surface area contributed by atoms with E-state index in [9.17, 15) is 24.9 Å². The molecule has 0 saturated carbocycles. The Hall–Kier alpha value is -1.52. The lowest BCUT2D eigenvalue weighted by atomic mass is 10.0. The second-order valence-electron chi connectivity index (χ2n) is 5.10. The Morgan fingerprint density at radius 1 is 1.38 bits per heavy atom. The number of H-pyrrole nitrogens is 1. The molecule has 0 radical (unpaired) electrons. The predicted molar refractivity (Wildman–Crippen MR) is 69.7 cm³/mol. The standard InChI is InChI=1S/C12H18N2O7/c1-5(16)2-14-3-6(11(19)13-12(14)20)10-9(18)8(17)7(4-15)21-10/h3,5,7-10,15-18H,2,4H2,1H3,(H,13,19,20)/t5-,7+,8+,9+,10-/m0/s1. The van der Waals surface area contributed by atoms with Gasteiger partial charge in [-0.15, -0.1) is 0 Å². The monoisotopic (exact) mass is 302 g/mol. The second kappa shape index (κ2) is 6.08. The van der Waals surface area contributed by atoms with Crippen molar-refractivity contribution in [2.24, 2.45) is 0 Å². The third-order valence-corrected chi connectivity index (χ3v) is 3.35. The van der Waals surface area contributed by atoms with E-state index in [1.54, 1.807) is 0 Å². The molecule has 0 aromatic carbocycles. The Bertz CT molecular complexity index is 608. The summed E-state index contributed by atoms with van der Waals surface area (Å²) in [6.45, 7) is 0.918. The molecular weight excluding hydrogens is 284 g/mol. The summed E-state index contributed by atoms with van der Waals surface area (Å²) in [4.78, 5) is 25.5. The van der Waals surface area contributed by atoms with Gasteiger partial charge in [0.2, 0.25) is 0 Å². The Kier molecular flexibility index (Phi) is 4.59. The Morgan fingerprint density at radius 3 is 2.57 bits per heavy atom. The maximum atomic E-state index is 11.8. The number of ether oxygens (including phenoxy) is 1. The van der Waals surface area contributed by atoms with Gasteiger partial charge >= 0.3 is 5.69 Å². The number of aromatic nitrogens is 2. The smallest absolute Gasteiger partial charge is 0.328 e. The maximum Gasteiger partial charge on any atom is 0.328 e. The van der Waals surface area contributed by atoms with Crippen LogP contribution in [0.1, 0.15) is 18.6 Å². The Labute approximate surface area is 119 Å². The van der Waals surface area contributed by atoms with Gasteiger partial charge in [0.15, 0.2) is 0 Å². The van der Waals surface area contributed by atoms with Crippen molar-refractivity contribution in [1.29, 1.82) is 0 Å². The first-order valence-corrected chi connectivity index (χ1v) is 6.49. The van der Waals surface area contributed by atoms with Gasteiger partial charge in [-0.2, -0.15) is 0 Å². The van der Waals surface area contributed by atoms with Crippen LogP contribution < -0.4 is 11.2 Å². The lowest BCUT2D eigenvalue weighted by molar-refractivity contribution is -0.0234. The minimum absolute atomic E-state index is 0.0442. The summed E-state index contributed by atoms with van der Waals surface area (Å²) in [6, 6.07) is 0. The van der Waals surface area contributed by atoms with Crippen LogP contribution in [0, 0.1) is 0 Å². The molecule has 9 heteroatoms. The minimum atomic E-state index is -1.40. The number of hydrogen-bond donors (Lipinski definition) is 5.